The van der Waals surface area contributed by atoms with E-state index in [-0.39, 0.29) is 11.9 Å². The van der Waals surface area contributed by atoms with Crippen molar-refractivity contribution in [1.29, 1.82) is 0 Å². The molecule has 0 radical (unpaired) electrons. The first-order valence-corrected chi connectivity index (χ1v) is 7.02. The summed E-state index contributed by atoms with van der Waals surface area (Å²) in [6, 6.07) is 3.37. The van der Waals surface area contributed by atoms with Crippen LogP contribution >= 0.6 is 27.3 Å². The molecule has 1 amide bonds. The normalized spacial score (nSPS) is 12.2. The van der Waals surface area contributed by atoms with Crippen LogP contribution in [0.4, 0.5) is 0 Å². The van der Waals surface area contributed by atoms with Gasteiger partial charge in [-0.3, -0.25) is 4.79 Å². The van der Waals surface area contributed by atoms with Crippen LogP contribution in [-0.4, -0.2) is 15.9 Å². The van der Waals surface area contributed by atoms with E-state index in [0.29, 0.717) is 10.2 Å². The van der Waals surface area contributed by atoms with Crippen molar-refractivity contribution < 1.29 is 4.79 Å². The van der Waals surface area contributed by atoms with Crippen molar-refractivity contribution >= 4 is 33.2 Å². The molecule has 2 heterocycles. The summed E-state index contributed by atoms with van der Waals surface area (Å²) in [6.45, 7) is 3.91. The molecule has 6 heteroatoms. The Bertz CT molecular complexity index is 553. The summed E-state index contributed by atoms with van der Waals surface area (Å²) >= 11 is 4.82. The lowest BCUT2D eigenvalue weighted by atomic mass is 10.2. The van der Waals surface area contributed by atoms with E-state index in [0.717, 1.165) is 9.88 Å². The van der Waals surface area contributed by atoms with E-state index in [9.17, 15) is 4.79 Å². The Hall–Kier alpha value is -1.27. The van der Waals surface area contributed by atoms with Gasteiger partial charge in [-0.2, -0.15) is 0 Å². The van der Waals surface area contributed by atoms with Gasteiger partial charge in [0.05, 0.1) is 11.6 Å². The molecular weight excluding hydrogens is 314 g/mol. The van der Waals surface area contributed by atoms with Gasteiger partial charge < -0.3 is 5.32 Å². The number of aromatic nitrogens is 2. The van der Waals surface area contributed by atoms with E-state index >= 15 is 0 Å². The molecule has 0 aromatic carbocycles. The zero-order chi connectivity index (χ0) is 13.1. The molecule has 0 aliphatic rings. The molecule has 0 fully saturated rings. The third kappa shape index (κ3) is 3.14. The summed E-state index contributed by atoms with van der Waals surface area (Å²) < 4.78 is 0.711. The predicted octanol–water partition coefficient (Wildman–Crippen LogP) is 3.10. The van der Waals surface area contributed by atoms with Gasteiger partial charge in [0.25, 0.3) is 5.91 Å². The lowest BCUT2D eigenvalue weighted by Crippen LogP contribution is -2.26. The van der Waals surface area contributed by atoms with Gasteiger partial charge in [-0.15, -0.1) is 11.3 Å². The molecule has 0 aliphatic carbocycles. The summed E-state index contributed by atoms with van der Waals surface area (Å²) in [6.07, 6.45) is 3.35. The van der Waals surface area contributed by atoms with Gasteiger partial charge in [0.2, 0.25) is 0 Å². The zero-order valence-corrected chi connectivity index (χ0v) is 12.4. The molecule has 2 rings (SSSR count). The Kier molecular flexibility index (Phi) is 4.08. The van der Waals surface area contributed by atoms with Crippen LogP contribution in [0, 0.1) is 6.92 Å². The summed E-state index contributed by atoms with van der Waals surface area (Å²) in [4.78, 5) is 21.4. The minimum absolute atomic E-state index is 0.0974. The lowest BCUT2D eigenvalue weighted by molar-refractivity contribution is 0.0939. The van der Waals surface area contributed by atoms with Crippen LogP contribution < -0.4 is 5.32 Å². The number of aryl methyl sites for hydroxylation is 1. The standard InChI is InChI=1S/C12H12BrN3OS/c1-7-5-15-12(18-7)8(2)16-11(17)9-3-4-10(13)14-6-9/h3-6,8H,1-2H3,(H,16,17). The van der Waals surface area contributed by atoms with Crippen LogP contribution in [-0.2, 0) is 0 Å². The Morgan fingerprint density at radius 3 is 2.72 bits per heavy atom. The highest BCUT2D eigenvalue weighted by Crippen LogP contribution is 2.19. The summed E-state index contributed by atoms with van der Waals surface area (Å²) in [7, 11) is 0. The molecule has 0 saturated carbocycles. The van der Waals surface area contributed by atoms with Gasteiger partial charge >= 0.3 is 0 Å². The fraction of sp³-hybridized carbons (Fsp3) is 0.250. The summed E-state index contributed by atoms with van der Waals surface area (Å²) in [5.41, 5.74) is 0.540. The molecule has 94 valence electrons. The first-order chi connectivity index (χ1) is 8.56. The number of nitrogens with zero attached hydrogens (tertiary/aromatic N) is 2. The number of nitrogens with one attached hydrogen (secondary N) is 1. The highest BCUT2D eigenvalue weighted by Gasteiger charge is 2.14. The van der Waals surface area contributed by atoms with Crippen LogP contribution in [0.25, 0.3) is 0 Å². The van der Waals surface area contributed by atoms with Gasteiger partial charge in [0.1, 0.15) is 9.61 Å². The van der Waals surface area contributed by atoms with Crippen molar-refractivity contribution in [3.05, 3.63) is 44.6 Å². The highest BCUT2D eigenvalue weighted by atomic mass is 79.9. The van der Waals surface area contributed by atoms with Crippen LogP contribution in [0.1, 0.15) is 33.2 Å². The van der Waals surface area contributed by atoms with Crippen LogP contribution in [0.15, 0.2) is 29.1 Å². The number of thiazole rings is 1. The van der Waals surface area contributed by atoms with Crippen molar-refractivity contribution in [3.63, 3.8) is 0 Å². The van der Waals surface area contributed by atoms with Crippen molar-refractivity contribution in [2.75, 3.05) is 0 Å². The molecule has 1 N–H and O–H groups in total. The second kappa shape index (κ2) is 5.58. The van der Waals surface area contributed by atoms with E-state index in [1.807, 2.05) is 20.0 Å². The fourth-order valence-corrected chi connectivity index (χ4v) is 2.44. The second-order valence-electron chi connectivity index (χ2n) is 3.87. The molecule has 18 heavy (non-hydrogen) atoms. The minimum atomic E-state index is -0.143. The highest BCUT2D eigenvalue weighted by molar-refractivity contribution is 9.10. The quantitative estimate of drug-likeness (QED) is 0.882. The van der Waals surface area contributed by atoms with Gasteiger partial charge in [0, 0.05) is 17.3 Å². The van der Waals surface area contributed by atoms with Crippen molar-refractivity contribution in [2.24, 2.45) is 0 Å². The molecule has 0 aliphatic heterocycles. The minimum Gasteiger partial charge on any atom is -0.343 e. The Labute approximate surface area is 118 Å². The average Bonchev–Trinajstić information content (AvgIpc) is 2.76. The largest absolute Gasteiger partial charge is 0.343 e. The number of rotatable bonds is 3. The van der Waals surface area contributed by atoms with Crippen molar-refractivity contribution in [2.45, 2.75) is 19.9 Å². The summed E-state index contributed by atoms with van der Waals surface area (Å²) in [5.74, 6) is -0.143. The molecule has 1 atom stereocenters. The van der Waals surface area contributed by atoms with Gasteiger partial charge in [-0.1, -0.05) is 0 Å². The maximum absolute atomic E-state index is 12.0. The summed E-state index contributed by atoms with van der Waals surface area (Å²) in [5, 5.41) is 3.81. The predicted molar refractivity (Wildman–Crippen MR) is 74.7 cm³/mol. The van der Waals surface area contributed by atoms with Gasteiger partial charge in [-0.05, 0) is 41.9 Å². The lowest BCUT2D eigenvalue weighted by Gasteiger charge is -2.10. The maximum atomic E-state index is 12.0. The van der Waals surface area contributed by atoms with E-state index in [2.05, 4.69) is 31.2 Å². The number of pyridine rings is 1. The Balaban J connectivity index is 2.05. The van der Waals surface area contributed by atoms with Gasteiger partial charge in [0.15, 0.2) is 0 Å². The second-order valence-corrected chi connectivity index (χ2v) is 5.95. The van der Waals surface area contributed by atoms with E-state index < -0.39 is 0 Å². The molecule has 0 bridgehead atoms. The molecule has 2 aromatic rings. The monoisotopic (exact) mass is 325 g/mol. The van der Waals surface area contributed by atoms with E-state index in [1.54, 1.807) is 29.7 Å². The third-order valence-corrected chi connectivity index (χ3v) is 3.91. The molecule has 1 unspecified atom stereocenters. The number of carbonyl (C=O) groups excluding carboxylic acids is 1. The van der Waals surface area contributed by atoms with E-state index in [4.69, 9.17) is 0 Å². The first kappa shape index (κ1) is 13.2. The van der Waals surface area contributed by atoms with Crippen molar-refractivity contribution in [1.82, 2.24) is 15.3 Å². The number of carbonyl (C=O) groups is 1. The fourth-order valence-electron chi connectivity index (χ4n) is 1.42. The first-order valence-electron chi connectivity index (χ1n) is 5.41. The average molecular weight is 326 g/mol. The zero-order valence-electron chi connectivity index (χ0n) is 9.98. The molecule has 4 nitrogen and oxygen atoms in total. The molecular formula is C12H12BrN3OS. The maximum Gasteiger partial charge on any atom is 0.253 e. The number of amides is 1. The molecule has 2 aromatic heterocycles. The van der Waals surface area contributed by atoms with Crippen LogP contribution in [0.3, 0.4) is 0 Å². The third-order valence-electron chi connectivity index (χ3n) is 2.35. The SMILES string of the molecule is Cc1cnc(C(C)NC(=O)c2ccc(Br)nc2)s1. The topological polar surface area (TPSA) is 54.9 Å². The van der Waals surface area contributed by atoms with Crippen LogP contribution in [0.5, 0.6) is 0 Å². The Morgan fingerprint density at radius 1 is 1.39 bits per heavy atom. The smallest absolute Gasteiger partial charge is 0.253 e. The van der Waals surface area contributed by atoms with Gasteiger partial charge in [-0.25, -0.2) is 9.97 Å². The molecule has 0 spiro atoms. The number of hydrogen-bond acceptors (Lipinski definition) is 4. The number of hydrogen-bond donors (Lipinski definition) is 1. The molecule has 0 saturated heterocycles. The Morgan fingerprint density at radius 2 is 2.17 bits per heavy atom. The van der Waals surface area contributed by atoms with Crippen LogP contribution in [0.2, 0.25) is 0 Å². The number of halogens is 1. The van der Waals surface area contributed by atoms with E-state index in [1.165, 1.54) is 0 Å². The van der Waals surface area contributed by atoms with Crippen molar-refractivity contribution in [3.8, 4) is 0 Å².